The Balaban J connectivity index is 1.86. The monoisotopic (exact) mass is 349 g/mol. The quantitative estimate of drug-likeness (QED) is 0.707. The topological polar surface area (TPSA) is 56.8 Å². The highest BCUT2D eigenvalue weighted by Crippen LogP contribution is 2.34. The van der Waals surface area contributed by atoms with Gasteiger partial charge in [-0.2, -0.15) is 0 Å². The molecule has 0 radical (unpaired) electrons. The van der Waals surface area contributed by atoms with Crippen LogP contribution in [0.3, 0.4) is 0 Å². The summed E-state index contributed by atoms with van der Waals surface area (Å²) in [6.07, 6.45) is 3.68. The summed E-state index contributed by atoms with van der Waals surface area (Å²) in [5, 5.41) is 2.97. The fraction of sp³-hybridized carbons (Fsp3) is 0.650. The van der Waals surface area contributed by atoms with Crippen LogP contribution in [0.2, 0.25) is 0 Å². The van der Waals surface area contributed by atoms with Crippen LogP contribution < -0.4 is 10.1 Å². The second-order valence-electron chi connectivity index (χ2n) is 7.41. The summed E-state index contributed by atoms with van der Waals surface area (Å²) in [6, 6.07) is 6.07. The van der Waals surface area contributed by atoms with Gasteiger partial charge in [-0.05, 0) is 63.3 Å². The molecular weight excluding hydrogens is 318 g/mol. The highest BCUT2D eigenvalue weighted by atomic mass is 16.6. The molecule has 0 saturated carbocycles. The van der Waals surface area contributed by atoms with Crippen molar-refractivity contribution in [3.8, 4) is 5.75 Å². The highest BCUT2D eigenvalue weighted by Gasteiger charge is 2.26. The molecule has 0 heterocycles. The fourth-order valence-corrected chi connectivity index (χ4v) is 2.84. The molecule has 5 heteroatoms. The number of amides is 1. The first kappa shape index (κ1) is 19.6. The maximum absolute atomic E-state index is 12.0. The number of fused-ring (bicyclic) bond motifs is 1. The molecule has 0 saturated heterocycles. The molecule has 140 valence electrons. The predicted octanol–water partition coefficient (Wildman–Crippen LogP) is 4.39. The van der Waals surface area contributed by atoms with Crippen molar-refractivity contribution in [2.24, 2.45) is 0 Å². The van der Waals surface area contributed by atoms with Gasteiger partial charge in [0.15, 0.2) is 0 Å². The molecule has 0 fully saturated rings. The van der Waals surface area contributed by atoms with E-state index >= 15 is 0 Å². The fourth-order valence-electron chi connectivity index (χ4n) is 2.84. The van der Waals surface area contributed by atoms with Crippen molar-refractivity contribution in [1.82, 2.24) is 5.32 Å². The Morgan fingerprint density at radius 3 is 2.76 bits per heavy atom. The zero-order valence-corrected chi connectivity index (χ0v) is 15.9. The van der Waals surface area contributed by atoms with Gasteiger partial charge >= 0.3 is 6.09 Å². The van der Waals surface area contributed by atoms with Gasteiger partial charge in [0.05, 0.1) is 12.6 Å². The van der Waals surface area contributed by atoms with Gasteiger partial charge in [-0.15, -0.1) is 0 Å². The summed E-state index contributed by atoms with van der Waals surface area (Å²) in [4.78, 5) is 12.0. The number of carbonyl (C=O) groups excluding carboxylic acids is 1. The first-order valence-electron chi connectivity index (χ1n) is 9.22. The van der Waals surface area contributed by atoms with Crippen molar-refractivity contribution in [3.63, 3.8) is 0 Å². The number of ether oxygens (including phenoxy) is 3. The van der Waals surface area contributed by atoms with Gasteiger partial charge in [0.25, 0.3) is 0 Å². The predicted molar refractivity (Wildman–Crippen MR) is 98.1 cm³/mol. The lowest BCUT2D eigenvalue weighted by Crippen LogP contribution is -2.34. The van der Waals surface area contributed by atoms with Gasteiger partial charge < -0.3 is 19.5 Å². The van der Waals surface area contributed by atoms with Crippen LogP contribution >= 0.6 is 0 Å². The van der Waals surface area contributed by atoms with Crippen LogP contribution in [0.4, 0.5) is 4.79 Å². The molecule has 0 bridgehead atoms. The first-order chi connectivity index (χ1) is 11.9. The third-order valence-corrected chi connectivity index (χ3v) is 4.02. The summed E-state index contributed by atoms with van der Waals surface area (Å²) in [7, 11) is 0. The number of rotatable bonds is 8. The zero-order chi connectivity index (χ0) is 18.3. The van der Waals surface area contributed by atoms with Crippen molar-refractivity contribution in [1.29, 1.82) is 0 Å². The van der Waals surface area contributed by atoms with Crippen LogP contribution in [0.15, 0.2) is 18.2 Å². The van der Waals surface area contributed by atoms with Crippen LogP contribution in [0, 0.1) is 0 Å². The molecule has 5 nitrogen and oxygen atoms in total. The van der Waals surface area contributed by atoms with E-state index in [0.717, 1.165) is 43.6 Å². The minimum atomic E-state index is -0.492. The van der Waals surface area contributed by atoms with Crippen LogP contribution in [-0.2, 0) is 15.9 Å². The maximum Gasteiger partial charge on any atom is 0.408 e. The summed E-state index contributed by atoms with van der Waals surface area (Å²) in [6.45, 7) is 9.65. The minimum Gasteiger partial charge on any atom is -0.491 e. The second kappa shape index (κ2) is 9.09. The zero-order valence-electron chi connectivity index (χ0n) is 15.9. The molecular formula is C20H31NO4. The van der Waals surface area contributed by atoms with E-state index in [1.807, 2.05) is 32.9 Å². The number of hydrogen-bond donors (Lipinski definition) is 1. The lowest BCUT2D eigenvalue weighted by molar-refractivity contribution is 0.0503. The normalized spacial score (nSPS) is 16.4. The molecule has 2 rings (SSSR count). The lowest BCUT2D eigenvalue weighted by Gasteiger charge is -2.22. The molecule has 1 atom stereocenters. The number of hydrogen-bond acceptors (Lipinski definition) is 4. The summed E-state index contributed by atoms with van der Waals surface area (Å²) in [5.41, 5.74) is 1.89. The lowest BCUT2D eigenvalue weighted by atomic mass is 10.1. The van der Waals surface area contributed by atoms with Crippen molar-refractivity contribution in [2.45, 2.75) is 65.0 Å². The van der Waals surface area contributed by atoms with E-state index < -0.39 is 5.60 Å². The van der Waals surface area contributed by atoms with Crippen molar-refractivity contribution in [3.05, 3.63) is 29.3 Å². The largest absolute Gasteiger partial charge is 0.491 e. The summed E-state index contributed by atoms with van der Waals surface area (Å²) < 4.78 is 16.6. The van der Waals surface area contributed by atoms with Gasteiger partial charge in [-0.25, -0.2) is 4.79 Å². The van der Waals surface area contributed by atoms with Gasteiger partial charge in [0.1, 0.15) is 18.0 Å². The smallest absolute Gasteiger partial charge is 0.408 e. The molecule has 0 aliphatic heterocycles. The van der Waals surface area contributed by atoms with Crippen LogP contribution in [0.5, 0.6) is 5.75 Å². The van der Waals surface area contributed by atoms with E-state index in [1.54, 1.807) is 0 Å². The van der Waals surface area contributed by atoms with E-state index in [1.165, 1.54) is 5.56 Å². The van der Waals surface area contributed by atoms with Gasteiger partial charge in [0, 0.05) is 6.61 Å². The van der Waals surface area contributed by atoms with E-state index in [-0.39, 0.29) is 12.1 Å². The number of carbonyl (C=O) groups is 1. The molecule has 25 heavy (non-hydrogen) atoms. The maximum atomic E-state index is 12.0. The molecule has 1 aromatic carbocycles. The standard InChI is InChI=1S/C20H31NO4/c1-5-6-11-23-12-13-24-16-9-7-15-8-10-18(17(15)14-16)21-19(22)25-20(2,3)4/h7,9,14,18H,5-6,8,10-13H2,1-4H3,(H,21,22)/t18-/m1/s1. The summed E-state index contributed by atoms with van der Waals surface area (Å²) >= 11 is 0. The molecule has 0 aromatic heterocycles. The highest BCUT2D eigenvalue weighted by molar-refractivity contribution is 5.68. The Hall–Kier alpha value is -1.75. The molecule has 1 N–H and O–H groups in total. The Labute approximate surface area is 151 Å². The molecule has 0 unspecified atom stereocenters. The van der Waals surface area contributed by atoms with Gasteiger partial charge in [-0.3, -0.25) is 0 Å². The minimum absolute atomic E-state index is 0.0193. The van der Waals surface area contributed by atoms with Gasteiger partial charge in [-0.1, -0.05) is 19.4 Å². The van der Waals surface area contributed by atoms with E-state index in [2.05, 4.69) is 18.3 Å². The Bertz CT molecular complexity index is 565. The average molecular weight is 349 g/mol. The van der Waals surface area contributed by atoms with E-state index in [4.69, 9.17) is 14.2 Å². The number of benzene rings is 1. The van der Waals surface area contributed by atoms with Crippen molar-refractivity contribution in [2.75, 3.05) is 19.8 Å². The third kappa shape index (κ3) is 6.58. The number of nitrogens with one attached hydrogen (secondary N) is 1. The summed E-state index contributed by atoms with van der Waals surface area (Å²) in [5.74, 6) is 0.815. The first-order valence-corrected chi connectivity index (χ1v) is 9.22. The number of unbranched alkanes of at least 4 members (excludes halogenated alkanes) is 1. The Morgan fingerprint density at radius 2 is 2.04 bits per heavy atom. The Morgan fingerprint density at radius 1 is 1.24 bits per heavy atom. The second-order valence-corrected chi connectivity index (χ2v) is 7.41. The van der Waals surface area contributed by atoms with Crippen molar-refractivity contribution < 1.29 is 19.0 Å². The van der Waals surface area contributed by atoms with Gasteiger partial charge in [0.2, 0.25) is 0 Å². The van der Waals surface area contributed by atoms with E-state index in [0.29, 0.717) is 13.2 Å². The third-order valence-electron chi connectivity index (χ3n) is 4.02. The van der Waals surface area contributed by atoms with Crippen LogP contribution in [0.25, 0.3) is 0 Å². The van der Waals surface area contributed by atoms with Crippen LogP contribution in [-0.4, -0.2) is 31.5 Å². The SMILES string of the molecule is CCCCOCCOc1ccc2c(c1)[C@H](NC(=O)OC(C)(C)C)CC2. The number of alkyl carbamates (subject to hydrolysis) is 1. The average Bonchev–Trinajstić information content (AvgIpc) is 2.91. The molecule has 1 aliphatic carbocycles. The Kier molecular flexibility index (Phi) is 7.12. The number of aryl methyl sites for hydroxylation is 1. The molecule has 0 spiro atoms. The van der Waals surface area contributed by atoms with Crippen LogP contribution in [0.1, 0.15) is 64.1 Å². The molecule has 1 aromatic rings. The molecule has 1 amide bonds. The van der Waals surface area contributed by atoms with E-state index in [9.17, 15) is 4.79 Å². The molecule has 1 aliphatic rings. The van der Waals surface area contributed by atoms with Crippen molar-refractivity contribution >= 4 is 6.09 Å².